The van der Waals surface area contributed by atoms with Crippen molar-refractivity contribution in [1.82, 2.24) is 10.1 Å². The van der Waals surface area contributed by atoms with Crippen LogP contribution in [0.25, 0.3) is 0 Å². The molecule has 1 aromatic rings. The van der Waals surface area contributed by atoms with Gasteiger partial charge in [0, 0.05) is 5.92 Å². The fourth-order valence-electron chi connectivity index (χ4n) is 1.86. The summed E-state index contributed by atoms with van der Waals surface area (Å²) in [6.07, 6.45) is 4.17. The summed E-state index contributed by atoms with van der Waals surface area (Å²) in [5.41, 5.74) is 0. The molecule has 6 heteroatoms. The van der Waals surface area contributed by atoms with Gasteiger partial charge < -0.3 is 14.4 Å². The summed E-state index contributed by atoms with van der Waals surface area (Å²) in [5.74, 6) is 0.753. The summed E-state index contributed by atoms with van der Waals surface area (Å²) in [4.78, 5) is 14.1. The molecule has 0 unspecified atom stereocenters. The highest BCUT2D eigenvalue weighted by Gasteiger charge is 2.22. The van der Waals surface area contributed by atoms with Crippen molar-refractivity contribution in [2.24, 2.45) is 0 Å². The second-order valence-electron chi connectivity index (χ2n) is 3.62. The molecule has 1 aromatic heterocycles. The maximum absolute atomic E-state index is 10.2. The minimum Gasteiger partial charge on any atom is -0.449 e. The Morgan fingerprint density at radius 2 is 2.13 bits per heavy atom. The first-order valence-corrected chi connectivity index (χ1v) is 5.00. The van der Waals surface area contributed by atoms with Crippen LogP contribution in [0.2, 0.25) is 0 Å². The molecule has 1 aliphatic rings. The Hall–Kier alpha value is -1.59. The lowest BCUT2D eigenvalue weighted by molar-refractivity contribution is 0.138. The highest BCUT2D eigenvalue weighted by atomic mass is 16.7. The van der Waals surface area contributed by atoms with Crippen LogP contribution in [-0.4, -0.2) is 21.4 Å². The normalized spacial score (nSPS) is 17.6. The lowest BCUT2D eigenvalue weighted by Crippen LogP contribution is -2.06. The third kappa shape index (κ3) is 2.45. The zero-order chi connectivity index (χ0) is 10.7. The van der Waals surface area contributed by atoms with E-state index in [4.69, 9.17) is 9.63 Å². The first kappa shape index (κ1) is 9.95. The maximum atomic E-state index is 10.2. The second-order valence-corrected chi connectivity index (χ2v) is 3.62. The molecule has 0 aromatic carbocycles. The zero-order valence-corrected chi connectivity index (χ0v) is 8.18. The predicted molar refractivity (Wildman–Crippen MR) is 48.8 cm³/mol. The smallest absolute Gasteiger partial charge is 0.449 e. The molecule has 1 heterocycles. The molecule has 0 aliphatic heterocycles. The molecular formula is C9H12N2O4. The van der Waals surface area contributed by atoms with Gasteiger partial charge >= 0.3 is 12.2 Å². The lowest BCUT2D eigenvalue weighted by Gasteiger charge is -2.16. The number of aromatic nitrogens is 2. The van der Waals surface area contributed by atoms with Crippen molar-refractivity contribution in [3.63, 3.8) is 0 Å². The number of hydrogen-bond acceptors (Lipinski definition) is 5. The quantitative estimate of drug-likeness (QED) is 0.756. The van der Waals surface area contributed by atoms with Crippen molar-refractivity contribution in [2.45, 2.75) is 38.0 Å². The van der Waals surface area contributed by atoms with E-state index in [0.717, 1.165) is 25.7 Å². The van der Waals surface area contributed by atoms with Gasteiger partial charge in [-0.05, 0) is 18.0 Å². The molecule has 0 saturated heterocycles. The molecule has 1 N–H and O–H groups in total. The van der Waals surface area contributed by atoms with Crippen LogP contribution in [0.3, 0.4) is 0 Å². The monoisotopic (exact) mass is 212 g/mol. The molecule has 0 amide bonds. The van der Waals surface area contributed by atoms with Crippen LogP contribution in [0.1, 0.15) is 43.9 Å². The van der Waals surface area contributed by atoms with Crippen molar-refractivity contribution in [3.8, 4) is 6.01 Å². The Balaban J connectivity index is 2.02. The second kappa shape index (κ2) is 4.29. The highest BCUT2D eigenvalue weighted by molar-refractivity contribution is 5.59. The van der Waals surface area contributed by atoms with E-state index < -0.39 is 6.16 Å². The van der Waals surface area contributed by atoms with E-state index in [9.17, 15) is 4.79 Å². The van der Waals surface area contributed by atoms with E-state index in [1.165, 1.54) is 6.42 Å². The summed E-state index contributed by atoms with van der Waals surface area (Å²) in [6.45, 7) is 0. The van der Waals surface area contributed by atoms with Crippen LogP contribution in [-0.2, 0) is 0 Å². The number of ether oxygens (including phenoxy) is 1. The standard InChI is InChI=1S/C9H12N2O4/c12-9(13)14-8-10-7(15-11-8)6-4-2-1-3-5-6/h6H,1-5H2,(H,12,13). The Morgan fingerprint density at radius 3 is 2.80 bits per heavy atom. The largest absolute Gasteiger partial charge is 0.513 e. The first-order valence-electron chi connectivity index (χ1n) is 5.00. The minimum atomic E-state index is -1.43. The molecule has 1 saturated carbocycles. The molecule has 6 nitrogen and oxygen atoms in total. The average Bonchev–Trinajstić information content (AvgIpc) is 2.67. The third-order valence-corrected chi connectivity index (χ3v) is 2.56. The van der Waals surface area contributed by atoms with E-state index in [2.05, 4.69) is 14.9 Å². The van der Waals surface area contributed by atoms with Crippen molar-refractivity contribution < 1.29 is 19.2 Å². The van der Waals surface area contributed by atoms with Crippen LogP contribution < -0.4 is 4.74 Å². The number of nitrogens with zero attached hydrogens (tertiary/aromatic N) is 2. The molecular weight excluding hydrogens is 200 g/mol. The molecule has 2 rings (SSSR count). The van der Waals surface area contributed by atoms with Crippen LogP contribution in [0.4, 0.5) is 4.79 Å². The zero-order valence-electron chi connectivity index (χ0n) is 8.18. The van der Waals surface area contributed by atoms with E-state index in [0.29, 0.717) is 5.89 Å². The molecule has 15 heavy (non-hydrogen) atoms. The van der Waals surface area contributed by atoms with Crippen molar-refractivity contribution in [1.29, 1.82) is 0 Å². The van der Waals surface area contributed by atoms with Crippen molar-refractivity contribution >= 4 is 6.16 Å². The molecule has 1 aliphatic carbocycles. The van der Waals surface area contributed by atoms with Crippen LogP contribution in [0.5, 0.6) is 6.01 Å². The molecule has 82 valence electrons. The van der Waals surface area contributed by atoms with Gasteiger partial charge in [0.15, 0.2) is 0 Å². The summed E-state index contributed by atoms with van der Waals surface area (Å²) >= 11 is 0. The predicted octanol–water partition coefficient (Wildman–Crippen LogP) is 2.17. The van der Waals surface area contributed by atoms with Gasteiger partial charge in [-0.15, -0.1) is 0 Å². The van der Waals surface area contributed by atoms with Gasteiger partial charge in [0.05, 0.1) is 0 Å². The van der Waals surface area contributed by atoms with Crippen LogP contribution in [0.15, 0.2) is 4.52 Å². The van der Waals surface area contributed by atoms with Gasteiger partial charge in [-0.1, -0.05) is 19.3 Å². The fraction of sp³-hybridized carbons (Fsp3) is 0.667. The average molecular weight is 212 g/mol. The molecule has 0 atom stereocenters. The Kier molecular flexibility index (Phi) is 2.84. The Bertz CT molecular complexity index is 344. The number of carboxylic acid groups (broad SMARTS) is 1. The Labute approximate surface area is 86.2 Å². The van der Waals surface area contributed by atoms with E-state index in [-0.39, 0.29) is 11.9 Å². The Morgan fingerprint density at radius 1 is 1.40 bits per heavy atom. The lowest BCUT2D eigenvalue weighted by atomic mass is 9.89. The molecule has 0 radical (unpaired) electrons. The van der Waals surface area contributed by atoms with Crippen molar-refractivity contribution in [3.05, 3.63) is 5.89 Å². The van der Waals surface area contributed by atoms with E-state index in [1.54, 1.807) is 0 Å². The van der Waals surface area contributed by atoms with E-state index in [1.807, 2.05) is 0 Å². The van der Waals surface area contributed by atoms with Crippen LogP contribution in [0, 0.1) is 0 Å². The molecule has 0 spiro atoms. The molecule has 1 fully saturated rings. The first-order chi connectivity index (χ1) is 7.25. The third-order valence-electron chi connectivity index (χ3n) is 2.56. The van der Waals surface area contributed by atoms with Gasteiger partial charge in [0.1, 0.15) is 0 Å². The number of rotatable bonds is 2. The molecule has 0 bridgehead atoms. The maximum Gasteiger partial charge on any atom is 0.513 e. The summed E-state index contributed by atoms with van der Waals surface area (Å²) in [6, 6.07) is -0.219. The van der Waals surface area contributed by atoms with E-state index >= 15 is 0 Å². The summed E-state index contributed by atoms with van der Waals surface area (Å²) in [5, 5.41) is 11.8. The van der Waals surface area contributed by atoms with Gasteiger partial charge in [0.25, 0.3) is 0 Å². The highest BCUT2D eigenvalue weighted by Crippen LogP contribution is 2.32. The van der Waals surface area contributed by atoms with Gasteiger partial charge in [0.2, 0.25) is 5.89 Å². The van der Waals surface area contributed by atoms with Crippen LogP contribution >= 0.6 is 0 Å². The SMILES string of the molecule is O=C(O)Oc1noc(C2CCCCC2)n1. The van der Waals surface area contributed by atoms with Gasteiger partial charge in [-0.3, -0.25) is 0 Å². The minimum absolute atomic E-state index is 0.219. The number of carbonyl (C=O) groups is 1. The fourth-order valence-corrected chi connectivity index (χ4v) is 1.86. The summed E-state index contributed by atoms with van der Waals surface area (Å²) in [7, 11) is 0. The van der Waals surface area contributed by atoms with Gasteiger partial charge in [-0.2, -0.15) is 4.98 Å². The summed E-state index contributed by atoms with van der Waals surface area (Å²) < 4.78 is 9.24. The van der Waals surface area contributed by atoms with Crippen molar-refractivity contribution in [2.75, 3.05) is 0 Å². The van der Waals surface area contributed by atoms with Gasteiger partial charge in [-0.25, -0.2) is 4.79 Å². The topological polar surface area (TPSA) is 85.5 Å². The number of hydrogen-bond donors (Lipinski definition) is 1.